The Morgan fingerprint density at radius 1 is 1.00 bits per heavy atom. The summed E-state index contributed by atoms with van der Waals surface area (Å²) >= 11 is 0. The number of hydrogen-bond donors (Lipinski definition) is 1. The molecular formula is C14H18N2O4. The lowest BCUT2D eigenvalue weighted by Crippen LogP contribution is -2.67. The molecule has 3 rings (SSSR count). The van der Waals surface area contributed by atoms with Gasteiger partial charge in [-0.1, -0.05) is 6.42 Å². The van der Waals surface area contributed by atoms with Crippen molar-refractivity contribution in [3.8, 4) is 0 Å². The molecule has 3 fully saturated rings. The molecule has 6 heteroatoms. The van der Waals surface area contributed by atoms with Gasteiger partial charge in [-0.3, -0.25) is 29.4 Å². The molecule has 108 valence electrons. The van der Waals surface area contributed by atoms with Crippen LogP contribution in [0, 0.1) is 5.41 Å². The Balaban J connectivity index is 1.86. The first-order valence-corrected chi connectivity index (χ1v) is 7.07. The molecular weight excluding hydrogens is 260 g/mol. The lowest BCUT2D eigenvalue weighted by Gasteiger charge is -2.50. The summed E-state index contributed by atoms with van der Waals surface area (Å²) in [6.07, 6.45) is 3.95. The Bertz CT molecular complexity index is 503. The molecule has 1 saturated carbocycles. The minimum absolute atomic E-state index is 0.151. The lowest BCUT2D eigenvalue weighted by molar-refractivity contribution is -0.170. The maximum absolute atomic E-state index is 12.4. The van der Waals surface area contributed by atoms with E-state index in [-0.39, 0.29) is 36.0 Å². The largest absolute Gasteiger partial charge is 0.294 e. The SMILES string of the molecule is CC1(N2C(=O)CC3(CCC3)CC2=O)CCC(=O)NC1=O. The van der Waals surface area contributed by atoms with Gasteiger partial charge >= 0.3 is 0 Å². The van der Waals surface area contributed by atoms with Gasteiger partial charge in [-0.25, -0.2) is 0 Å². The van der Waals surface area contributed by atoms with Crippen LogP contribution in [-0.2, 0) is 19.2 Å². The van der Waals surface area contributed by atoms with E-state index in [0.29, 0.717) is 12.8 Å². The van der Waals surface area contributed by atoms with Crippen LogP contribution in [0.15, 0.2) is 0 Å². The molecule has 1 aliphatic carbocycles. The number of carbonyl (C=O) groups is 4. The van der Waals surface area contributed by atoms with E-state index in [0.717, 1.165) is 24.2 Å². The molecule has 0 radical (unpaired) electrons. The van der Waals surface area contributed by atoms with Crippen LogP contribution in [0.2, 0.25) is 0 Å². The van der Waals surface area contributed by atoms with E-state index < -0.39 is 11.4 Å². The Morgan fingerprint density at radius 3 is 2.05 bits per heavy atom. The summed E-state index contributed by atoms with van der Waals surface area (Å²) < 4.78 is 0. The van der Waals surface area contributed by atoms with Gasteiger partial charge in [0.25, 0.3) is 5.91 Å². The second-order valence-electron chi connectivity index (χ2n) is 6.48. The number of imide groups is 2. The number of rotatable bonds is 1. The van der Waals surface area contributed by atoms with E-state index in [9.17, 15) is 19.2 Å². The van der Waals surface area contributed by atoms with Gasteiger partial charge < -0.3 is 0 Å². The highest BCUT2D eigenvalue weighted by Gasteiger charge is 2.55. The molecule has 1 unspecified atom stereocenters. The molecule has 1 atom stereocenters. The molecule has 0 bridgehead atoms. The Morgan fingerprint density at radius 2 is 1.60 bits per heavy atom. The van der Waals surface area contributed by atoms with Crippen molar-refractivity contribution in [3.63, 3.8) is 0 Å². The van der Waals surface area contributed by atoms with Gasteiger partial charge in [-0.15, -0.1) is 0 Å². The monoisotopic (exact) mass is 278 g/mol. The summed E-state index contributed by atoms with van der Waals surface area (Å²) in [5.74, 6) is -1.43. The van der Waals surface area contributed by atoms with Crippen molar-refractivity contribution in [3.05, 3.63) is 0 Å². The first-order chi connectivity index (χ1) is 9.36. The zero-order valence-corrected chi connectivity index (χ0v) is 11.5. The number of likely N-dealkylation sites (tertiary alicyclic amines) is 1. The molecule has 2 aliphatic heterocycles. The first kappa shape index (κ1) is 13.3. The van der Waals surface area contributed by atoms with E-state index in [2.05, 4.69) is 5.32 Å². The topological polar surface area (TPSA) is 83.6 Å². The Hall–Kier alpha value is -1.72. The number of nitrogens with one attached hydrogen (secondary N) is 1. The van der Waals surface area contributed by atoms with Crippen molar-refractivity contribution in [2.24, 2.45) is 5.41 Å². The van der Waals surface area contributed by atoms with Crippen LogP contribution in [0.25, 0.3) is 0 Å². The van der Waals surface area contributed by atoms with Gasteiger partial charge in [0.05, 0.1) is 0 Å². The number of carbonyl (C=O) groups excluding carboxylic acids is 4. The quantitative estimate of drug-likeness (QED) is 0.708. The summed E-state index contributed by atoms with van der Waals surface area (Å²) in [4.78, 5) is 49.2. The van der Waals surface area contributed by atoms with Crippen molar-refractivity contribution < 1.29 is 19.2 Å². The molecule has 0 aromatic heterocycles. The van der Waals surface area contributed by atoms with Gasteiger partial charge in [0.15, 0.2) is 0 Å². The summed E-state index contributed by atoms with van der Waals surface area (Å²) in [5.41, 5.74) is -1.37. The number of amides is 4. The summed E-state index contributed by atoms with van der Waals surface area (Å²) in [6.45, 7) is 1.57. The zero-order valence-electron chi connectivity index (χ0n) is 11.5. The van der Waals surface area contributed by atoms with E-state index in [4.69, 9.17) is 0 Å². The van der Waals surface area contributed by atoms with Crippen LogP contribution < -0.4 is 5.32 Å². The molecule has 1 spiro atoms. The minimum Gasteiger partial charge on any atom is -0.294 e. The average molecular weight is 278 g/mol. The van der Waals surface area contributed by atoms with Crippen LogP contribution in [-0.4, -0.2) is 34.1 Å². The van der Waals surface area contributed by atoms with Crippen LogP contribution in [0.4, 0.5) is 0 Å². The average Bonchev–Trinajstić information content (AvgIpc) is 2.32. The lowest BCUT2D eigenvalue weighted by atomic mass is 9.62. The molecule has 0 aromatic rings. The van der Waals surface area contributed by atoms with Gasteiger partial charge in [0, 0.05) is 19.3 Å². The van der Waals surface area contributed by atoms with Crippen molar-refractivity contribution in [2.45, 2.75) is 57.4 Å². The van der Waals surface area contributed by atoms with Gasteiger partial charge in [-0.2, -0.15) is 0 Å². The second kappa shape index (κ2) is 4.14. The third-order valence-electron chi connectivity index (χ3n) is 5.04. The molecule has 3 aliphatic rings. The predicted octanol–water partition coefficient (Wildman–Crippen LogP) is 0.501. The molecule has 1 N–H and O–H groups in total. The molecule has 2 saturated heterocycles. The van der Waals surface area contributed by atoms with E-state index >= 15 is 0 Å². The maximum Gasteiger partial charge on any atom is 0.252 e. The van der Waals surface area contributed by atoms with Crippen LogP contribution >= 0.6 is 0 Å². The van der Waals surface area contributed by atoms with E-state index in [1.54, 1.807) is 6.92 Å². The molecule has 20 heavy (non-hydrogen) atoms. The van der Waals surface area contributed by atoms with Crippen LogP contribution in [0.3, 0.4) is 0 Å². The summed E-state index contributed by atoms with van der Waals surface area (Å²) in [5, 5.41) is 2.23. The standard InChI is InChI=1S/C14H18N2O4/c1-13(6-3-9(17)15-12(13)20)16-10(18)7-14(4-2-5-14)8-11(16)19/h2-8H2,1H3,(H,15,17,20). The summed E-state index contributed by atoms with van der Waals surface area (Å²) in [6, 6.07) is 0. The number of piperidine rings is 2. The zero-order chi connectivity index (χ0) is 14.5. The fraction of sp³-hybridized carbons (Fsp3) is 0.714. The second-order valence-corrected chi connectivity index (χ2v) is 6.48. The summed E-state index contributed by atoms with van der Waals surface area (Å²) in [7, 11) is 0. The first-order valence-electron chi connectivity index (χ1n) is 7.07. The van der Waals surface area contributed by atoms with Crippen molar-refractivity contribution in [1.82, 2.24) is 10.2 Å². The fourth-order valence-electron chi connectivity index (χ4n) is 3.59. The normalized spacial score (nSPS) is 33.1. The molecule has 4 amide bonds. The molecule has 0 aromatic carbocycles. The third kappa shape index (κ3) is 1.77. The maximum atomic E-state index is 12.4. The fourth-order valence-corrected chi connectivity index (χ4v) is 3.59. The highest BCUT2D eigenvalue weighted by atomic mass is 16.2. The Labute approximate surface area is 116 Å². The highest BCUT2D eigenvalue weighted by Crippen LogP contribution is 2.50. The van der Waals surface area contributed by atoms with Gasteiger partial charge in [0.1, 0.15) is 5.54 Å². The minimum atomic E-state index is -1.21. The van der Waals surface area contributed by atoms with E-state index in [1.165, 1.54) is 0 Å². The third-order valence-corrected chi connectivity index (χ3v) is 5.04. The van der Waals surface area contributed by atoms with Gasteiger partial charge in [-0.05, 0) is 31.6 Å². The highest BCUT2D eigenvalue weighted by molar-refractivity contribution is 6.09. The molecule has 2 heterocycles. The smallest absolute Gasteiger partial charge is 0.252 e. The van der Waals surface area contributed by atoms with Crippen LogP contribution in [0.5, 0.6) is 0 Å². The van der Waals surface area contributed by atoms with Crippen molar-refractivity contribution in [1.29, 1.82) is 0 Å². The van der Waals surface area contributed by atoms with E-state index in [1.807, 2.05) is 0 Å². The predicted molar refractivity (Wildman–Crippen MR) is 68.2 cm³/mol. The molecule has 6 nitrogen and oxygen atoms in total. The van der Waals surface area contributed by atoms with Crippen molar-refractivity contribution >= 4 is 23.6 Å². The Kier molecular flexibility index (Phi) is 2.74. The van der Waals surface area contributed by atoms with Crippen molar-refractivity contribution in [2.75, 3.05) is 0 Å². The number of hydrogen-bond acceptors (Lipinski definition) is 4. The van der Waals surface area contributed by atoms with Crippen LogP contribution in [0.1, 0.15) is 51.9 Å². The number of nitrogens with zero attached hydrogens (tertiary/aromatic N) is 1. The van der Waals surface area contributed by atoms with Gasteiger partial charge in [0.2, 0.25) is 17.7 Å².